The highest BCUT2D eigenvalue weighted by molar-refractivity contribution is 14.0. The van der Waals surface area contributed by atoms with Crippen LogP contribution in [0, 0.1) is 12.8 Å². The number of ether oxygens (including phenoxy) is 1. The van der Waals surface area contributed by atoms with E-state index in [1.807, 2.05) is 26.0 Å². The van der Waals surface area contributed by atoms with Crippen molar-refractivity contribution < 1.29 is 13.9 Å². The first-order valence-electron chi connectivity index (χ1n) is 9.62. The fraction of sp³-hybridized carbons (Fsp3) is 0.550. The van der Waals surface area contributed by atoms with Crippen molar-refractivity contribution in [2.24, 2.45) is 10.9 Å². The Morgan fingerprint density at radius 3 is 2.76 bits per heavy atom. The highest BCUT2D eigenvalue weighted by Crippen LogP contribution is 2.24. The molecule has 0 saturated heterocycles. The average molecular weight is 534 g/mol. The van der Waals surface area contributed by atoms with E-state index in [1.54, 1.807) is 13.2 Å². The number of nitrogens with zero attached hydrogens (tertiary/aromatic N) is 2. The van der Waals surface area contributed by atoms with E-state index < -0.39 is 0 Å². The summed E-state index contributed by atoms with van der Waals surface area (Å²) in [6.45, 7) is 11.7. The van der Waals surface area contributed by atoms with Gasteiger partial charge in [0.1, 0.15) is 15.6 Å². The van der Waals surface area contributed by atoms with Crippen LogP contribution >= 0.6 is 35.3 Å². The van der Waals surface area contributed by atoms with Crippen LogP contribution in [0.5, 0.6) is 0 Å². The molecule has 0 aliphatic heterocycles. The largest absolute Gasteiger partial charge is 0.469 e. The molecule has 2 aromatic heterocycles. The molecule has 1 unspecified atom stereocenters. The van der Waals surface area contributed by atoms with E-state index in [-0.39, 0.29) is 36.0 Å². The van der Waals surface area contributed by atoms with Gasteiger partial charge >= 0.3 is 5.97 Å². The fourth-order valence-corrected chi connectivity index (χ4v) is 3.40. The molecule has 0 bridgehead atoms. The number of aromatic nitrogens is 1. The minimum atomic E-state index is -0.318. The number of thiazole rings is 1. The Labute approximate surface area is 193 Å². The minimum absolute atomic E-state index is 0. The summed E-state index contributed by atoms with van der Waals surface area (Å²) in [7, 11) is 0. The van der Waals surface area contributed by atoms with Crippen molar-refractivity contribution >= 4 is 47.2 Å². The second-order valence-electron chi connectivity index (χ2n) is 6.89. The van der Waals surface area contributed by atoms with Crippen molar-refractivity contribution in [2.45, 2.75) is 47.1 Å². The molecular weight excluding hydrogens is 503 g/mol. The van der Waals surface area contributed by atoms with Crippen LogP contribution in [0.2, 0.25) is 0 Å². The Morgan fingerprint density at radius 1 is 1.38 bits per heavy atom. The van der Waals surface area contributed by atoms with Gasteiger partial charge in [-0.25, -0.2) is 9.78 Å². The van der Waals surface area contributed by atoms with Crippen LogP contribution in [0.1, 0.15) is 59.9 Å². The maximum atomic E-state index is 12.0. The van der Waals surface area contributed by atoms with Crippen molar-refractivity contribution in [3.05, 3.63) is 39.7 Å². The molecule has 2 aromatic rings. The summed E-state index contributed by atoms with van der Waals surface area (Å²) in [4.78, 5) is 21.8. The molecule has 0 aliphatic carbocycles. The zero-order valence-corrected chi connectivity index (χ0v) is 20.8. The third kappa shape index (κ3) is 8.33. The van der Waals surface area contributed by atoms with Crippen molar-refractivity contribution in [1.82, 2.24) is 15.6 Å². The summed E-state index contributed by atoms with van der Waals surface area (Å²) in [6.07, 6.45) is 2.45. The van der Waals surface area contributed by atoms with Gasteiger partial charge in [-0.15, -0.1) is 35.3 Å². The van der Waals surface area contributed by atoms with Gasteiger partial charge in [0.25, 0.3) is 0 Å². The van der Waals surface area contributed by atoms with Crippen molar-refractivity contribution in [2.75, 3.05) is 19.7 Å². The fourth-order valence-electron chi connectivity index (χ4n) is 2.44. The molecule has 7 nitrogen and oxygen atoms in total. The third-order valence-electron chi connectivity index (χ3n) is 3.86. The summed E-state index contributed by atoms with van der Waals surface area (Å²) >= 11 is 1.36. The number of nitrogens with one attached hydrogen (secondary N) is 2. The van der Waals surface area contributed by atoms with E-state index in [0.29, 0.717) is 36.2 Å². The number of carbonyl (C=O) groups excluding carboxylic acids is 1. The average Bonchev–Trinajstić information content (AvgIpc) is 3.29. The third-order valence-corrected chi connectivity index (χ3v) is 5.18. The van der Waals surface area contributed by atoms with Gasteiger partial charge < -0.3 is 19.8 Å². The summed E-state index contributed by atoms with van der Waals surface area (Å²) in [5.41, 5.74) is 0.693. The molecule has 0 fully saturated rings. The van der Waals surface area contributed by atoms with Gasteiger partial charge in [-0.05, 0) is 38.8 Å². The zero-order chi connectivity index (χ0) is 20.5. The number of halogens is 1. The second-order valence-corrected chi connectivity index (χ2v) is 7.92. The number of rotatable bonds is 9. The molecular formula is C20H31IN4O3S. The summed E-state index contributed by atoms with van der Waals surface area (Å²) in [6, 6.07) is 3.75. The lowest BCUT2D eigenvalue weighted by Gasteiger charge is -2.17. The zero-order valence-electron chi connectivity index (χ0n) is 17.7. The predicted octanol–water partition coefficient (Wildman–Crippen LogP) is 4.33. The first-order valence-corrected chi connectivity index (χ1v) is 10.4. The van der Waals surface area contributed by atoms with E-state index in [9.17, 15) is 4.79 Å². The van der Waals surface area contributed by atoms with Crippen molar-refractivity contribution in [1.29, 1.82) is 0 Å². The Kier molecular flexibility index (Phi) is 11.3. The van der Waals surface area contributed by atoms with E-state index >= 15 is 0 Å². The molecule has 0 saturated carbocycles. The lowest BCUT2D eigenvalue weighted by atomic mass is 10.2. The van der Waals surface area contributed by atoms with Crippen LogP contribution in [0.4, 0.5) is 0 Å². The van der Waals surface area contributed by atoms with Crippen molar-refractivity contribution in [3.8, 4) is 0 Å². The standard InChI is InChI=1S/C20H30N4O3S.HI/c1-6-26-19(25)17-14(4)23-18(28-17)15(5)24-20(22-12-13(2)3)21-10-9-16-8-7-11-27-16;/h7-8,11,13,15H,6,9-10,12H2,1-5H3,(H2,21,22,24);1H. The number of hydrogen-bond donors (Lipinski definition) is 2. The number of esters is 1. The summed E-state index contributed by atoms with van der Waals surface area (Å²) in [5.74, 6) is 1.79. The van der Waals surface area contributed by atoms with Crippen LogP contribution in [-0.4, -0.2) is 36.6 Å². The SMILES string of the molecule is CCOC(=O)c1sc(C(C)NC(=NCC(C)C)NCCc2ccco2)nc1C.I. The van der Waals surface area contributed by atoms with Crippen LogP contribution in [-0.2, 0) is 11.2 Å². The topological polar surface area (TPSA) is 88.8 Å². The smallest absolute Gasteiger partial charge is 0.350 e. The Bertz CT molecular complexity index is 775. The van der Waals surface area contributed by atoms with Gasteiger partial charge in [-0.2, -0.15) is 0 Å². The summed E-state index contributed by atoms with van der Waals surface area (Å²) < 4.78 is 10.5. The number of guanidine groups is 1. The van der Waals surface area contributed by atoms with Gasteiger partial charge in [-0.1, -0.05) is 13.8 Å². The number of aryl methyl sites for hydroxylation is 1. The molecule has 9 heteroatoms. The lowest BCUT2D eigenvalue weighted by molar-refractivity contribution is 0.0531. The summed E-state index contributed by atoms with van der Waals surface area (Å²) in [5, 5.41) is 7.55. The molecule has 162 valence electrons. The maximum absolute atomic E-state index is 12.0. The van der Waals surface area contributed by atoms with Gasteiger partial charge in [0.2, 0.25) is 0 Å². The molecule has 2 heterocycles. The molecule has 1 atom stereocenters. The van der Waals surface area contributed by atoms with E-state index in [0.717, 1.165) is 23.1 Å². The lowest BCUT2D eigenvalue weighted by Crippen LogP contribution is -2.40. The van der Waals surface area contributed by atoms with E-state index in [2.05, 4.69) is 34.5 Å². The number of aliphatic imine (C=N–C) groups is 1. The highest BCUT2D eigenvalue weighted by Gasteiger charge is 2.20. The minimum Gasteiger partial charge on any atom is -0.469 e. The molecule has 2 rings (SSSR count). The van der Waals surface area contributed by atoms with Gasteiger partial charge in [0, 0.05) is 19.5 Å². The monoisotopic (exact) mass is 534 g/mol. The second kappa shape index (κ2) is 12.8. The van der Waals surface area contributed by atoms with Crippen LogP contribution in [0.15, 0.2) is 27.8 Å². The Balaban J connectivity index is 0.00000420. The number of carbonyl (C=O) groups is 1. The maximum Gasteiger partial charge on any atom is 0.350 e. The quantitative estimate of drug-likeness (QED) is 0.216. The van der Waals surface area contributed by atoms with E-state index in [1.165, 1.54) is 11.3 Å². The number of hydrogen-bond acceptors (Lipinski definition) is 6. The normalized spacial score (nSPS) is 12.4. The molecule has 29 heavy (non-hydrogen) atoms. The van der Waals surface area contributed by atoms with Gasteiger partial charge in [0.15, 0.2) is 5.96 Å². The number of furan rings is 1. The molecule has 0 spiro atoms. The molecule has 2 N–H and O–H groups in total. The van der Waals surface area contributed by atoms with Crippen molar-refractivity contribution in [3.63, 3.8) is 0 Å². The Hall–Kier alpha value is -1.62. The first kappa shape index (κ1) is 25.4. The molecule has 0 amide bonds. The van der Waals surface area contributed by atoms with E-state index in [4.69, 9.17) is 9.15 Å². The molecule has 0 aliphatic rings. The first-order chi connectivity index (χ1) is 13.4. The van der Waals surface area contributed by atoms with Gasteiger partial charge in [0.05, 0.1) is 24.6 Å². The van der Waals surface area contributed by atoms with Crippen LogP contribution in [0.25, 0.3) is 0 Å². The highest BCUT2D eigenvalue weighted by atomic mass is 127. The Morgan fingerprint density at radius 2 is 2.14 bits per heavy atom. The molecule has 0 aromatic carbocycles. The molecule has 0 radical (unpaired) electrons. The van der Waals surface area contributed by atoms with Crippen LogP contribution in [0.3, 0.4) is 0 Å². The predicted molar refractivity (Wildman–Crippen MR) is 127 cm³/mol. The van der Waals surface area contributed by atoms with Gasteiger partial charge in [-0.3, -0.25) is 4.99 Å². The van der Waals surface area contributed by atoms with Crippen LogP contribution < -0.4 is 10.6 Å².